The summed E-state index contributed by atoms with van der Waals surface area (Å²) in [5.74, 6) is -0.580. The van der Waals surface area contributed by atoms with Gasteiger partial charge in [-0.05, 0) is 25.4 Å². The Morgan fingerprint density at radius 2 is 2.18 bits per heavy atom. The average molecular weight is 257 g/mol. The Morgan fingerprint density at radius 3 is 2.76 bits per heavy atom. The number of aromatic nitrogens is 1. The summed E-state index contributed by atoms with van der Waals surface area (Å²) in [5.41, 5.74) is 1.01. The van der Waals surface area contributed by atoms with Crippen molar-refractivity contribution in [2.45, 2.75) is 13.8 Å². The van der Waals surface area contributed by atoms with Gasteiger partial charge in [0, 0.05) is 7.05 Å². The first-order valence-corrected chi connectivity index (χ1v) is 5.95. The van der Waals surface area contributed by atoms with Crippen LogP contribution in [0, 0.1) is 6.92 Å². The van der Waals surface area contributed by atoms with Crippen LogP contribution in [0.5, 0.6) is 0 Å². The van der Waals surface area contributed by atoms with Gasteiger partial charge in [0.2, 0.25) is 5.91 Å². The molecule has 1 aromatic rings. The van der Waals surface area contributed by atoms with Crippen molar-refractivity contribution in [1.29, 1.82) is 0 Å². The third-order valence-electron chi connectivity index (χ3n) is 2.03. The summed E-state index contributed by atoms with van der Waals surface area (Å²) in [4.78, 5) is 22.8. The van der Waals surface area contributed by atoms with E-state index < -0.39 is 5.97 Å². The second kappa shape index (κ2) is 6.19. The van der Waals surface area contributed by atoms with Gasteiger partial charge in [-0.3, -0.25) is 4.79 Å². The first-order chi connectivity index (χ1) is 8.10. The molecule has 1 heterocycles. The van der Waals surface area contributed by atoms with Crippen LogP contribution in [0.1, 0.15) is 23.0 Å². The van der Waals surface area contributed by atoms with E-state index in [9.17, 15) is 9.59 Å². The third-order valence-corrected chi connectivity index (χ3v) is 2.93. The summed E-state index contributed by atoms with van der Waals surface area (Å²) in [6.45, 7) is 3.88. The Morgan fingerprint density at radius 1 is 1.47 bits per heavy atom. The molecule has 6 nitrogen and oxygen atoms in total. The third kappa shape index (κ3) is 3.42. The van der Waals surface area contributed by atoms with Crippen LogP contribution in [0.25, 0.3) is 0 Å². The van der Waals surface area contributed by atoms with Gasteiger partial charge < -0.3 is 15.4 Å². The number of esters is 1. The van der Waals surface area contributed by atoms with Gasteiger partial charge in [-0.2, -0.15) is 4.37 Å². The van der Waals surface area contributed by atoms with Crippen molar-refractivity contribution in [3.63, 3.8) is 0 Å². The number of carbonyl (C=O) groups is 2. The molecule has 0 aliphatic carbocycles. The maximum Gasteiger partial charge on any atom is 0.343 e. The van der Waals surface area contributed by atoms with E-state index in [1.807, 2.05) is 0 Å². The zero-order chi connectivity index (χ0) is 12.8. The van der Waals surface area contributed by atoms with Crippen LogP contribution < -0.4 is 10.6 Å². The van der Waals surface area contributed by atoms with E-state index in [4.69, 9.17) is 4.74 Å². The number of hydrogen-bond donors (Lipinski definition) is 2. The van der Waals surface area contributed by atoms with Gasteiger partial charge in [0.15, 0.2) is 0 Å². The van der Waals surface area contributed by atoms with Crippen molar-refractivity contribution in [3.8, 4) is 0 Å². The molecule has 17 heavy (non-hydrogen) atoms. The first kappa shape index (κ1) is 13.4. The smallest absolute Gasteiger partial charge is 0.343 e. The minimum atomic E-state index is -0.418. The van der Waals surface area contributed by atoms with Crippen molar-refractivity contribution < 1.29 is 14.3 Å². The van der Waals surface area contributed by atoms with Gasteiger partial charge in [0.1, 0.15) is 10.6 Å². The van der Waals surface area contributed by atoms with E-state index in [0.717, 1.165) is 11.5 Å². The van der Waals surface area contributed by atoms with Crippen molar-refractivity contribution in [3.05, 3.63) is 11.3 Å². The van der Waals surface area contributed by atoms with Crippen LogP contribution in [0.4, 0.5) is 5.00 Å². The molecule has 0 aliphatic rings. The molecule has 0 saturated heterocycles. The molecule has 0 atom stereocenters. The maximum absolute atomic E-state index is 11.7. The molecule has 0 aromatic carbocycles. The fourth-order valence-corrected chi connectivity index (χ4v) is 1.96. The topological polar surface area (TPSA) is 80.3 Å². The number of hydrogen-bond acceptors (Lipinski definition) is 6. The highest BCUT2D eigenvalue weighted by molar-refractivity contribution is 7.10. The summed E-state index contributed by atoms with van der Waals surface area (Å²) < 4.78 is 9.00. The monoisotopic (exact) mass is 257 g/mol. The van der Waals surface area contributed by atoms with Crippen LogP contribution in [-0.2, 0) is 9.53 Å². The van der Waals surface area contributed by atoms with E-state index >= 15 is 0 Å². The molecule has 1 rings (SSSR count). The number of aryl methyl sites for hydroxylation is 1. The second-order valence-corrected chi connectivity index (χ2v) is 3.99. The Hall–Kier alpha value is -1.63. The Balaban J connectivity index is 2.79. The number of likely N-dealkylation sites (N-methyl/N-ethyl adjacent to an activating group) is 1. The summed E-state index contributed by atoms with van der Waals surface area (Å²) in [7, 11) is 1.55. The number of ether oxygens (including phenoxy) is 1. The molecule has 0 unspecified atom stereocenters. The molecule has 0 radical (unpaired) electrons. The van der Waals surface area contributed by atoms with Gasteiger partial charge >= 0.3 is 5.97 Å². The van der Waals surface area contributed by atoms with Crippen molar-refractivity contribution in [2.24, 2.45) is 0 Å². The number of carbonyl (C=O) groups excluding carboxylic acids is 2. The predicted molar refractivity (Wildman–Crippen MR) is 65.4 cm³/mol. The maximum atomic E-state index is 11.7. The lowest BCUT2D eigenvalue weighted by molar-refractivity contribution is -0.118. The summed E-state index contributed by atoms with van der Waals surface area (Å²) >= 11 is 1.14. The molecule has 0 fully saturated rings. The lowest BCUT2D eigenvalue weighted by atomic mass is 10.2. The standard InChI is InChI=1S/C10H15N3O3S/c1-4-16-10(15)8-6(2)13-17-9(8)12-5-7(14)11-3/h12H,4-5H2,1-3H3,(H,11,14). The SMILES string of the molecule is CCOC(=O)c1c(C)nsc1NCC(=O)NC. The summed E-state index contributed by atoms with van der Waals surface area (Å²) in [5, 5.41) is 5.91. The quantitative estimate of drug-likeness (QED) is 0.762. The van der Waals surface area contributed by atoms with Gasteiger partial charge in [0.05, 0.1) is 18.8 Å². The number of nitrogens with zero attached hydrogens (tertiary/aromatic N) is 1. The zero-order valence-corrected chi connectivity index (χ0v) is 10.8. The number of anilines is 1. The molecule has 1 amide bonds. The number of amides is 1. The molecule has 0 bridgehead atoms. The van der Waals surface area contributed by atoms with Crippen LogP contribution in [-0.4, -0.2) is 36.4 Å². The summed E-state index contributed by atoms with van der Waals surface area (Å²) in [6.07, 6.45) is 0. The fraction of sp³-hybridized carbons (Fsp3) is 0.500. The highest BCUT2D eigenvalue weighted by atomic mass is 32.1. The minimum Gasteiger partial charge on any atom is -0.462 e. The Kier molecular flexibility index (Phi) is 4.89. The molecular formula is C10H15N3O3S. The minimum absolute atomic E-state index is 0.102. The Bertz CT molecular complexity index is 417. The molecule has 0 aliphatic heterocycles. The molecule has 1 aromatic heterocycles. The lowest BCUT2D eigenvalue weighted by Crippen LogP contribution is -2.26. The largest absolute Gasteiger partial charge is 0.462 e. The van der Waals surface area contributed by atoms with E-state index in [0.29, 0.717) is 22.9 Å². The molecule has 0 spiro atoms. The van der Waals surface area contributed by atoms with E-state index in [2.05, 4.69) is 15.0 Å². The van der Waals surface area contributed by atoms with E-state index in [-0.39, 0.29) is 12.5 Å². The van der Waals surface area contributed by atoms with Crippen LogP contribution >= 0.6 is 11.5 Å². The van der Waals surface area contributed by atoms with Gasteiger partial charge in [-0.25, -0.2) is 4.79 Å². The highest BCUT2D eigenvalue weighted by Gasteiger charge is 2.19. The average Bonchev–Trinajstić information content (AvgIpc) is 2.67. The molecule has 94 valence electrons. The first-order valence-electron chi connectivity index (χ1n) is 5.18. The summed E-state index contributed by atoms with van der Waals surface area (Å²) in [6, 6.07) is 0. The van der Waals surface area contributed by atoms with Crippen molar-refractivity contribution >= 4 is 28.4 Å². The normalized spacial score (nSPS) is 9.82. The number of rotatable bonds is 5. The van der Waals surface area contributed by atoms with Crippen LogP contribution in [0.15, 0.2) is 0 Å². The fourth-order valence-electron chi connectivity index (χ4n) is 1.18. The highest BCUT2D eigenvalue weighted by Crippen LogP contribution is 2.24. The number of nitrogens with one attached hydrogen (secondary N) is 2. The van der Waals surface area contributed by atoms with Gasteiger partial charge in [-0.1, -0.05) is 0 Å². The Labute approximate surface area is 104 Å². The lowest BCUT2D eigenvalue weighted by Gasteiger charge is -2.05. The second-order valence-electron chi connectivity index (χ2n) is 3.22. The van der Waals surface area contributed by atoms with E-state index in [1.54, 1.807) is 20.9 Å². The van der Waals surface area contributed by atoms with E-state index in [1.165, 1.54) is 0 Å². The van der Waals surface area contributed by atoms with Gasteiger partial charge in [0.25, 0.3) is 0 Å². The van der Waals surface area contributed by atoms with Crippen molar-refractivity contribution in [2.75, 3.05) is 25.5 Å². The van der Waals surface area contributed by atoms with Gasteiger partial charge in [-0.15, -0.1) is 0 Å². The van der Waals surface area contributed by atoms with Crippen LogP contribution in [0.2, 0.25) is 0 Å². The molecular weight excluding hydrogens is 242 g/mol. The molecule has 0 saturated carbocycles. The zero-order valence-electron chi connectivity index (χ0n) is 9.99. The predicted octanol–water partition coefficient (Wildman–Crippen LogP) is 0.786. The molecule has 2 N–H and O–H groups in total. The molecule has 7 heteroatoms. The van der Waals surface area contributed by atoms with Crippen LogP contribution in [0.3, 0.4) is 0 Å². The van der Waals surface area contributed by atoms with Crippen molar-refractivity contribution in [1.82, 2.24) is 9.69 Å².